The first-order valence-corrected chi connectivity index (χ1v) is 7.92. The van der Waals surface area contributed by atoms with Crippen molar-refractivity contribution in [3.63, 3.8) is 0 Å². The van der Waals surface area contributed by atoms with Gasteiger partial charge in [-0.15, -0.1) is 0 Å². The van der Waals surface area contributed by atoms with Gasteiger partial charge in [-0.3, -0.25) is 9.59 Å². The van der Waals surface area contributed by atoms with E-state index in [0.717, 1.165) is 6.54 Å². The number of likely N-dealkylation sites (N-methyl/N-ethyl adjacent to an activating group) is 1. The first kappa shape index (κ1) is 18.1. The molecule has 126 valence electrons. The Labute approximate surface area is 149 Å². The molecule has 0 saturated carbocycles. The minimum atomic E-state index is -2.05. The molecule has 23 heavy (non-hydrogen) atoms. The number of nitrogens with one attached hydrogen (secondary N) is 1. The number of halogens is 3. The standard InChI is InChI=1S/C14H16Cl3N3O3/c1-19(2)5-6-20-10-4-3-9(18-13(22)14(15,16)17)7-11(10)23-8-12(20)21/h3-4,7H,5-6,8H2,1-2H3,(H,18,22). The second-order valence-corrected chi connectivity index (χ2v) is 7.55. The fourth-order valence-corrected chi connectivity index (χ4v) is 2.17. The molecule has 0 atom stereocenters. The van der Waals surface area contributed by atoms with Gasteiger partial charge in [0.05, 0.1) is 5.69 Å². The highest BCUT2D eigenvalue weighted by molar-refractivity contribution is 6.76. The summed E-state index contributed by atoms with van der Waals surface area (Å²) < 4.78 is 3.37. The van der Waals surface area contributed by atoms with Crippen LogP contribution in [-0.4, -0.2) is 54.3 Å². The van der Waals surface area contributed by atoms with Crippen molar-refractivity contribution >= 4 is 58.0 Å². The molecule has 0 radical (unpaired) electrons. The molecule has 0 unspecified atom stereocenters. The molecule has 6 nitrogen and oxygen atoms in total. The Balaban J connectivity index is 2.19. The molecular weight excluding hydrogens is 365 g/mol. The molecule has 0 spiro atoms. The fraction of sp³-hybridized carbons (Fsp3) is 0.429. The highest BCUT2D eigenvalue weighted by Gasteiger charge is 2.31. The molecule has 0 aromatic heterocycles. The van der Waals surface area contributed by atoms with E-state index in [9.17, 15) is 9.59 Å². The van der Waals surface area contributed by atoms with Crippen LogP contribution in [-0.2, 0) is 9.59 Å². The second-order valence-electron chi connectivity index (χ2n) is 5.27. The molecule has 1 heterocycles. The van der Waals surface area contributed by atoms with E-state index < -0.39 is 9.70 Å². The summed E-state index contributed by atoms with van der Waals surface area (Å²) in [5, 5.41) is 2.48. The SMILES string of the molecule is CN(C)CCN1C(=O)COc2cc(NC(=O)C(Cl)(Cl)Cl)ccc21. The summed E-state index contributed by atoms with van der Waals surface area (Å²) in [6.07, 6.45) is 0. The van der Waals surface area contributed by atoms with Gasteiger partial charge in [-0.25, -0.2) is 0 Å². The van der Waals surface area contributed by atoms with E-state index in [0.29, 0.717) is 23.7 Å². The molecule has 0 fully saturated rings. The van der Waals surface area contributed by atoms with Gasteiger partial charge in [0.1, 0.15) is 5.75 Å². The number of carbonyl (C=O) groups excluding carboxylic acids is 2. The van der Waals surface area contributed by atoms with Crippen LogP contribution in [0.15, 0.2) is 18.2 Å². The van der Waals surface area contributed by atoms with Gasteiger partial charge in [0, 0.05) is 24.8 Å². The van der Waals surface area contributed by atoms with Crippen molar-refractivity contribution in [2.75, 3.05) is 44.0 Å². The molecule has 1 aromatic rings. The minimum absolute atomic E-state index is 0.0533. The number of hydrogen-bond donors (Lipinski definition) is 1. The Hall–Kier alpha value is -1.21. The molecular formula is C14H16Cl3N3O3. The number of carbonyl (C=O) groups is 2. The maximum atomic E-state index is 12.0. The maximum Gasteiger partial charge on any atom is 0.276 e. The topological polar surface area (TPSA) is 61.9 Å². The lowest BCUT2D eigenvalue weighted by Crippen LogP contribution is -2.42. The van der Waals surface area contributed by atoms with E-state index in [1.165, 1.54) is 0 Å². The predicted molar refractivity (Wildman–Crippen MR) is 91.8 cm³/mol. The molecule has 1 N–H and O–H groups in total. The molecule has 2 amide bonds. The van der Waals surface area contributed by atoms with Gasteiger partial charge < -0.3 is 19.9 Å². The van der Waals surface area contributed by atoms with Gasteiger partial charge in [-0.05, 0) is 26.2 Å². The van der Waals surface area contributed by atoms with Crippen molar-refractivity contribution in [3.8, 4) is 5.75 Å². The predicted octanol–water partition coefficient (Wildman–Crippen LogP) is 2.28. The quantitative estimate of drug-likeness (QED) is 0.814. The molecule has 1 aromatic carbocycles. The van der Waals surface area contributed by atoms with Crippen LogP contribution in [0.2, 0.25) is 0 Å². The van der Waals surface area contributed by atoms with Crippen LogP contribution in [0.4, 0.5) is 11.4 Å². The first-order valence-electron chi connectivity index (χ1n) is 6.78. The van der Waals surface area contributed by atoms with Crippen molar-refractivity contribution in [2.24, 2.45) is 0 Å². The van der Waals surface area contributed by atoms with E-state index in [2.05, 4.69) is 5.32 Å². The van der Waals surface area contributed by atoms with Crippen molar-refractivity contribution < 1.29 is 14.3 Å². The Morgan fingerprint density at radius 1 is 1.39 bits per heavy atom. The van der Waals surface area contributed by atoms with Crippen LogP contribution in [0.1, 0.15) is 0 Å². The average molecular weight is 381 g/mol. The van der Waals surface area contributed by atoms with Crippen LogP contribution >= 0.6 is 34.8 Å². The normalized spacial score (nSPS) is 14.5. The van der Waals surface area contributed by atoms with Crippen molar-refractivity contribution in [1.82, 2.24) is 4.90 Å². The van der Waals surface area contributed by atoms with Gasteiger partial charge in [-0.1, -0.05) is 34.8 Å². The zero-order chi connectivity index (χ0) is 17.2. The third kappa shape index (κ3) is 4.64. The Morgan fingerprint density at radius 3 is 2.70 bits per heavy atom. The van der Waals surface area contributed by atoms with Crippen LogP contribution in [0.3, 0.4) is 0 Å². The number of amides is 2. The van der Waals surface area contributed by atoms with Gasteiger partial charge in [0.25, 0.3) is 15.6 Å². The lowest BCUT2D eigenvalue weighted by molar-refractivity contribution is -0.121. The fourth-order valence-electron chi connectivity index (χ4n) is 2.03. The average Bonchev–Trinajstić information content (AvgIpc) is 2.45. The summed E-state index contributed by atoms with van der Waals surface area (Å²) in [6.45, 7) is 1.21. The van der Waals surface area contributed by atoms with Crippen molar-refractivity contribution in [1.29, 1.82) is 0 Å². The number of hydrogen-bond acceptors (Lipinski definition) is 4. The molecule has 1 aliphatic heterocycles. The highest BCUT2D eigenvalue weighted by Crippen LogP contribution is 2.35. The van der Waals surface area contributed by atoms with Crippen LogP contribution in [0.25, 0.3) is 0 Å². The summed E-state index contributed by atoms with van der Waals surface area (Å²) in [4.78, 5) is 27.3. The molecule has 0 bridgehead atoms. The Kier molecular flexibility index (Phi) is 5.62. The lowest BCUT2D eigenvalue weighted by atomic mass is 10.2. The van der Waals surface area contributed by atoms with Gasteiger partial charge >= 0.3 is 0 Å². The zero-order valence-corrected chi connectivity index (χ0v) is 14.9. The largest absolute Gasteiger partial charge is 0.481 e. The van der Waals surface area contributed by atoms with E-state index in [1.807, 2.05) is 19.0 Å². The van der Waals surface area contributed by atoms with Crippen molar-refractivity contribution in [3.05, 3.63) is 18.2 Å². The van der Waals surface area contributed by atoms with Crippen molar-refractivity contribution in [2.45, 2.75) is 3.79 Å². The summed E-state index contributed by atoms with van der Waals surface area (Å²) in [7, 11) is 3.86. The lowest BCUT2D eigenvalue weighted by Gasteiger charge is -2.30. The molecule has 2 rings (SSSR count). The van der Waals surface area contributed by atoms with E-state index in [1.54, 1.807) is 23.1 Å². The number of anilines is 2. The number of rotatable bonds is 4. The third-order valence-electron chi connectivity index (χ3n) is 3.19. The van der Waals surface area contributed by atoms with Crippen LogP contribution in [0.5, 0.6) is 5.75 Å². The third-order valence-corrected chi connectivity index (χ3v) is 3.70. The molecule has 1 aliphatic rings. The summed E-state index contributed by atoms with van der Waals surface area (Å²) in [6, 6.07) is 4.91. The first-order chi connectivity index (χ1) is 10.7. The number of alkyl halides is 3. The number of fused-ring (bicyclic) bond motifs is 1. The Bertz CT molecular complexity index is 617. The number of nitrogens with zero attached hydrogens (tertiary/aromatic N) is 2. The maximum absolute atomic E-state index is 12.0. The summed E-state index contributed by atoms with van der Waals surface area (Å²) >= 11 is 16.6. The Morgan fingerprint density at radius 2 is 2.09 bits per heavy atom. The molecule has 0 aliphatic carbocycles. The molecule has 9 heteroatoms. The summed E-state index contributed by atoms with van der Waals surface area (Å²) in [5.74, 6) is -0.387. The van der Waals surface area contributed by atoms with Gasteiger partial charge in [0.2, 0.25) is 0 Å². The number of benzene rings is 1. The van der Waals surface area contributed by atoms with E-state index in [-0.39, 0.29) is 12.5 Å². The van der Waals surface area contributed by atoms with E-state index >= 15 is 0 Å². The second kappa shape index (κ2) is 7.13. The zero-order valence-electron chi connectivity index (χ0n) is 12.6. The monoisotopic (exact) mass is 379 g/mol. The molecule has 0 saturated heterocycles. The number of ether oxygens (including phenoxy) is 1. The van der Waals surface area contributed by atoms with Gasteiger partial charge in [0.15, 0.2) is 6.61 Å². The van der Waals surface area contributed by atoms with Gasteiger partial charge in [-0.2, -0.15) is 0 Å². The minimum Gasteiger partial charge on any atom is -0.481 e. The highest BCUT2D eigenvalue weighted by atomic mass is 35.6. The summed E-state index contributed by atoms with van der Waals surface area (Å²) in [5.41, 5.74) is 1.07. The van der Waals surface area contributed by atoms with Crippen LogP contribution in [0, 0.1) is 0 Å². The smallest absolute Gasteiger partial charge is 0.276 e. The van der Waals surface area contributed by atoms with E-state index in [4.69, 9.17) is 39.5 Å². The van der Waals surface area contributed by atoms with Crippen LogP contribution < -0.4 is 15.0 Å².